The zero-order chi connectivity index (χ0) is 13.9. The maximum absolute atomic E-state index is 12.0. The number of carbonyl (C=O) groups excluding carboxylic acids is 1. The second-order valence-corrected chi connectivity index (χ2v) is 4.83. The van der Waals surface area contributed by atoms with E-state index in [0.717, 1.165) is 5.56 Å². The zero-order valence-corrected chi connectivity index (χ0v) is 11.3. The number of fused-ring (bicyclic) bond motifs is 1. The third-order valence-corrected chi connectivity index (χ3v) is 3.16. The van der Waals surface area contributed by atoms with E-state index in [-0.39, 0.29) is 19.1 Å². The van der Waals surface area contributed by atoms with Gasteiger partial charge in [-0.25, -0.2) is 0 Å². The average molecular weight is 290 g/mol. The molecule has 20 heavy (non-hydrogen) atoms. The first-order chi connectivity index (χ1) is 9.72. The van der Waals surface area contributed by atoms with Crippen molar-refractivity contribution in [3.63, 3.8) is 0 Å². The van der Waals surface area contributed by atoms with Gasteiger partial charge in [0, 0.05) is 5.02 Å². The minimum absolute atomic E-state index is 0.129. The quantitative estimate of drug-likeness (QED) is 0.943. The highest BCUT2D eigenvalue weighted by Crippen LogP contribution is 2.38. The van der Waals surface area contributed by atoms with Crippen molar-refractivity contribution in [2.24, 2.45) is 0 Å². The van der Waals surface area contributed by atoms with Crippen molar-refractivity contribution in [3.05, 3.63) is 53.1 Å². The van der Waals surface area contributed by atoms with Crippen LogP contribution in [0.15, 0.2) is 42.5 Å². The molecule has 1 aliphatic rings. The number of nitrogens with one attached hydrogen (secondary N) is 1. The van der Waals surface area contributed by atoms with Gasteiger partial charge in [-0.3, -0.25) is 4.79 Å². The van der Waals surface area contributed by atoms with E-state index in [1.165, 1.54) is 0 Å². The normalized spacial score (nSPS) is 12.2. The Morgan fingerprint density at radius 1 is 1.20 bits per heavy atom. The second-order valence-electron chi connectivity index (χ2n) is 4.39. The standard InChI is InChI=1S/C15H12ClNO3/c16-11-4-1-3-10(7-11)8-14(18)17-12-5-2-6-13-15(12)20-9-19-13/h1-7H,8-9H2,(H,17,18). The van der Waals surface area contributed by atoms with E-state index in [2.05, 4.69) is 5.32 Å². The van der Waals surface area contributed by atoms with Gasteiger partial charge in [-0.1, -0.05) is 29.8 Å². The minimum atomic E-state index is -0.129. The molecule has 3 rings (SSSR count). The molecular formula is C15H12ClNO3. The van der Waals surface area contributed by atoms with Gasteiger partial charge in [0.25, 0.3) is 0 Å². The van der Waals surface area contributed by atoms with Crippen molar-refractivity contribution in [2.45, 2.75) is 6.42 Å². The van der Waals surface area contributed by atoms with Crippen LogP contribution in [0, 0.1) is 0 Å². The molecule has 2 aromatic carbocycles. The molecule has 0 fully saturated rings. The summed E-state index contributed by atoms with van der Waals surface area (Å²) in [5, 5.41) is 3.44. The van der Waals surface area contributed by atoms with Crippen molar-refractivity contribution >= 4 is 23.2 Å². The first-order valence-electron chi connectivity index (χ1n) is 6.15. The van der Waals surface area contributed by atoms with Gasteiger partial charge in [-0.15, -0.1) is 0 Å². The average Bonchev–Trinajstić information content (AvgIpc) is 2.88. The largest absolute Gasteiger partial charge is 0.454 e. The number of ether oxygens (including phenoxy) is 2. The first kappa shape index (κ1) is 12.8. The van der Waals surface area contributed by atoms with E-state index < -0.39 is 0 Å². The fraction of sp³-hybridized carbons (Fsp3) is 0.133. The number of amides is 1. The molecule has 2 aromatic rings. The summed E-state index contributed by atoms with van der Waals surface area (Å²) >= 11 is 5.90. The fourth-order valence-electron chi connectivity index (χ4n) is 2.06. The maximum Gasteiger partial charge on any atom is 0.231 e. The van der Waals surface area contributed by atoms with Crippen molar-refractivity contribution < 1.29 is 14.3 Å². The van der Waals surface area contributed by atoms with Crippen LogP contribution in [0.5, 0.6) is 11.5 Å². The predicted octanol–water partition coefficient (Wildman–Crippen LogP) is 3.25. The van der Waals surface area contributed by atoms with Crippen LogP contribution in [0.1, 0.15) is 5.56 Å². The lowest BCUT2D eigenvalue weighted by Crippen LogP contribution is -2.14. The van der Waals surface area contributed by atoms with Crippen LogP contribution in [0.3, 0.4) is 0 Å². The molecule has 0 atom stereocenters. The molecule has 0 unspecified atom stereocenters. The lowest BCUT2D eigenvalue weighted by molar-refractivity contribution is -0.115. The van der Waals surface area contributed by atoms with E-state index in [1.807, 2.05) is 18.2 Å². The highest BCUT2D eigenvalue weighted by molar-refractivity contribution is 6.30. The summed E-state index contributed by atoms with van der Waals surface area (Å²) < 4.78 is 10.6. The number of carbonyl (C=O) groups is 1. The SMILES string of the molecule is O=C(Cc1cccc(Cl)c1)Nc1cccc2c1OCO2. The molecule has 0 saturated heterocycles. The Hall–Kier alpha value is -2.20. The van der Waals surface area contributed by atoms with Crippen LogP contribution < -0.4 is 14.8 Å². The van der Waals surface area contributed by atoms with Crippen molar-refractivity contribution in [2.75, 3.05) is 12.1 Å². The zero-order valence-electron chi connectivity index (χ0n) is 10.6. The summed E-state index contributed by atoms with van der Waals surface area (Å²) in [6, 6.07) is 12.6. The van der Waals surface area contributed by atoms with Crippen LogP contribution in [0.4, 0.5) is 5.69 Å². The van der Waals surface area contributed by atoms with Gasteiger partial charge in [0.2, 0.25) is 12.7 Å². The Morgan fingerprint density at radius 3 is 2.90 bits per heavy atom. The molecule has 0 aliphatic carbocycles. The summed E-state index contributed by atoms with van der Waals surface area (Å²) in [5.41, 5.74) is 1.48. The topological polar surface area (TPSA) is 47.6 Å². The Kier molecular flexibility index (Phi) is 3.48. The van der Waals surface area contributed by atoms with Gasteiger partial charge in [0.1, 0.15) is 0 Å². The summed E-state index contributed by atoms with van der Waals surface area (Å²) in [6.07, 6.45) is 0.255. The van der Waals surface area contributed by atoms with Crippen LogP contribution in [0.2, 0.25) is 5.02 Å². The Labute approximate surface area is 121 Å². The molecule has 0 saturated carbocycles. The molecule has 0 aromatic heterocycles. The Balaban J connectivity index is 1.72. The highest BCUT2D eigenvalue weighted by atomic mass is 35.5. The van der Waals surface area contributed by atoms with Crippen LogP contribution >= 0.6 is 11.6 Å². The Morgan fingerprint density at radius 2 is 2.05 bits per heavy atom. The molecule has 0 bridgehead atoms. The maximum atomic E-state index is 12.0. The number of halogens is 1. The highest BCUT2D eigenvalue weighted by Gasteiger charge is 2.18. The van der Waals surface area contributed by atoms with Crippen LogP contribution in [-0.4, -0.2) is 12.7 Å². The van der Waals surface area contributed by atoms with Gasteiger partial charge in [0.15, 0.2) is 11.5 Å². The third kappa shape index (κ3) is 2.70. The number of hydrogen-bond donors (Lipinski definition) is 1. The number of rotatable bonds is 3. The molecule has 1 amide bonds. The Bertz CT molecular complexity index is 657. The van der Waals surface area contributed by atoms with E-state index >= 15 is 0 Å². The van der Waals surface area contributed by atoms with E-state index in [4.69, 9.17) is 21.1 Å². The van der Waals surface area contributed by atoms with Crippen LogP contribution in [-0.2, 0) is 11.2 Å². The molecular weight excluding hydrogens is 278 g/mol. The monoisotopic (exact) mass is 289 g/mol. The molecule has 5 heteroatoms. The lowest BCUT2D eigenvalue weighted by atomic mass is 10.1. The molecule has 1 heterocycles. The third-order valence-electron chi connectivity index (χ3n) is 2.92. The van der Waals surface area contributed by atoms with Gasteiger partial charge in [0.05, 0.1) is 12.1 Å². The van der Waals surface area contributed by atoms with E-state index in [9.17, 15) is 4.79 Å². The predicted molar refractivity (Wildman–Crippen MR) is 76.4 cm³/mol. The van der Waals surface area contributed by atoms with Crippen molar-refractivity contribution in [1.29, 1.82) is 0 Å². The number of hydrogen-bond acceptors (Lipinski definition) is 3. The molecule has 1 N–H and O–H groups in total. The second kappa shape index (κ2) is 5.43. The van der Waals surface area contributed by atoms with Crippen LogP contribution in [0.25, 0.3) is 0 Å². The van der Waals surface area contributed by atoms with Crippen molar-refractivity contribution in [1.82, 2.24) is 0 Å². The summed E-state index contributed by atoms with van der Waals surface area (Å²) in [7, 11) is 0. The number of benzene rings is 2. The molecule has 0 radical (unpaired) electrons. The van der Waals surface area contributed by atoms with E-state index in [0.29, 0.717) is 22.2 Å². The van der Waals surface area contributed by atoms with Gasteiger partial charge >= 0.3 is 0 Å². The fourth-order valence-corrected chi connectivity index (χ4v) is 2.27. The number of para-hydroxylation sites is 1. The van der Waals surface area contributed by atoms with E-state index in [1.54, 1.807) is 24.3 Å². The molecule has 4 nitrogen and oxygen atoms in total. The summed E-state index contributed by atoms with van der Waals surface area (Å²) in [6.45, 7) is 0.177. The number of anilines is 1. The minimum Gasteiger partial charge on any atom is -0.454 e. The lowest BCUT2D eigenvalue weighted by Gasteiger charge is -2.08. The molecule has 0 spiro atoms. The summed E-state index contributed by atoms with van der Waals surface area (Å²) in [5.74, 6) is 1.09. The first-order valence-corrected chi connectivity index (χ1v) is 6.53. The molecule has 102 valence electrons. The summed E-state index contributed by atoms with van der Waals surface area (Å²) in [4.78, 5) is 12.0. The van der Waals surface area contributed by atoms with Gasteiger partial charge in [-0.2, -0.15) is 0 Å². The smallest absolute Gasteiger partial charge is 0.231 e. The molecule has 1 aliphatic heterocycles. The van der Waals surface area contributed by atoms with Crippen molar-refractivity contribution in [3.8, 4) is 11.5 Å². The van der Waals surface area contributed by atoms with Gasteiger partial charge < -0.3 is 14.8 Å². The van der Waals surface area contributed by atoms with Gasteiger partial charge in [-0.05, 0) is 29.8 Å².